The summed E-state index contributed by atoms with van der Waals surface area (Å²) in [6.45, 7) is 8.10. The molecule has 2 aromatic carbocycles. The second kappa shape index (κ2) is 8.94. The third kappa shape index (κ3) is 4.74. The van der Waals surface area contributed by atoms with Crippen molar-refractivity contribution in [3.63, 3.8) is 0 Å². The molecular formula is C22H26Cl2N4O3. The lowest BCUT2D eigenvalue weighted by Gasteiger charge is -2.38. The van der Waals surface area contributed by atoms with Crippen molar-refractivity contribution in [3.05, 3.63) is 58.6 Å². The number of benzene rings is 2. The predicted octanol–water partition coefficient (Wildman–Crippen LogP) is 5.92. The monoisotopic (exact) mass is 464 g/mol. The molecule has 0 unspecified atom stereocenters. The minimum atomic E-state index is -1.00. The van der Waals surface area contributed by atoms with E-state index in [2.05, 4.69) is 5.32 Å². The van der Waals surface area contributed by atoms with E-state index in [9.17, 15) is 14.8 Å². The van der Waals surface area contributed by atoms with Crippen LogP contribution in [0.1, 0.15) is 27.7 Å². The van der Waals surface area contributed by atoms with Crippen LogP contribution >= 0.6 is 23.2 Å². The van der Waals surface area contributed by atoms with Crippen molar-refractivity contribution in [1.82, 2.24) is 9.96 Å². The number of amides is 4. The maximum Gasteiger partial charge on any atom is 0.347 e. The minimum absolute atomic E-state index is 0.190. The van der Waals surface area contributed by atoms with E-state index in [1.165, 1.54) is 4.90 Å². The average molecular weight is 465 g/mol. The zero-order valence-electron chi connectivity index (χ0n) is 17.8. The summed E-state index contributed by atoms with van der Waals surface area (Å²) >= 11 is 12.1. The molecule has 9 heteroatoms. The summed E-state index contributed by atoms with van der Waals surface area (Å²) in [5, 5.41) is 15.1. The zero-order valence-corrected chi connectivity index (χ0v) is 19.4. The molecular weight excluding hydrogens is 439 g/mol. The van der Waals surface area contributed by atoms with Gasteiger partial charge in [0, 0.05) is 28.0 Å². The molecule has 3 rings (SSSR count). The van der Waals surface area contributed by atoms with Crippen molar-refractivity contribution in [2.75, 3.05) is 16.8 Å². The van der Waals surface area contributed by atoms with Gasteiger partial charge in [-0.2, -0.15) is 5.06 Å². The van der Waals surface area contributed by atoms with E-state index < -0.39 is 17.7 Å². The summed E-state index contributed by atoms with van der Waals surface area (Å²) in [7, 11) is 0. The molecule has 1 saturated heterocycles. The van der Waals surface area contributed by atoms with Gasteiger partial charge in [0.2, 0.25) is 0 Å². The Bertz CT molecular complexity index is 983. The fourth-order valence-electron chi connectivity index (χ4n) is 3.76. The van der Waals surface area contributed by atoms with Crippen molar-refractivity contribution >= 4 is 46.6 Å². The molecule has 7 nitrogen and oxygen atoms in total. The molecule has 2 N–H and O–H groups in total. The van der Waals surface area contributed by atoms with Crippen molar-refractivity contribution in [2.45, 2.75) is 39.4 Å². The van der Waals surface area contributed by atoms with Crippen LogP contribution in [0.15, 0.2) is 48.5 Å². The highest BCUT2D eigenvalue weighted by Crippen LogP contribution is 2.39. The summed E-state index contributed by atoms with van der Waals surface area (Å²) in [6, 6.07) is 12.2. The smallest absolute Gasteiger partial charge is 0.315 e. The first kappa shape index (κ1) is 23.2. The number of carbonyl (C=O) groups is 2. The Balaban J connectivity index is 1.99. The number of nitrogens with zero attached hydrogens (tertiary/aromatic N) is 3. The molecule has 1 fully saturated rings. The number of urea groups is 2. The van der Waals surface area contributed by atoms with Crippen molar-refractivity contribution in [3.8, 4) is 0 Å². The molecule has 0 bridgehead atoms. The number of nitrogens with one attached hydrogen (secondary N) is 1. The predicted molar refractivity (Wildman–Crippen MR) is 123 cm³/mol. The third-order valence-corrected chi connectivity index (χ3v) is 5.63. The van der Waals surface area contributed by atoms with Crippen LogP contribution in [-0.2, 0) is 0 Å². The lowest BCUT2D eigenvalue weighted by molar-refractivity contribution is -0.0954. The van der Waals surface area contributed by atoms with E-state index in [0.29, 0.717) is 33.0 Å². The molecule has 31 heavy (non-hydrogen) atoms. The molecule has 166 valence electrons. The maximum atomic E-state index is 13.4. The molecule has 0 spiro atoms. The summed E-state index contributed by atoms with van der Waals surface area (Å²) in [6.07, 6.45) is -1.00. The van der Waals surface area contributed by atoms with Crippen LogP contribution in [0.3, 0.4) is 0 Å². The molecule has 1 aliphatic rings. The summed E-state index contributed by atoms with van der Waals surface area (Å²) in [5.41, 5.74) is 0.00726. The van der Waals surface area contributed by atoms with Crippen LogP contribution in [0.4, 0.5) is 21.0 Å². The van der Waals surface area contributed by atoms with E-state index in [-0.39, 0.29) is 11.9 Å². The quantitative estimate of drug-likeness (QED) is 0.425. The number of carbonyl (C=O) groups excluding carboxylic acids is 2. The number of hydroxylamine groups is 2. The largest absolute Gasteiger partial charge is 0.347 e. The first-order chi connectivity index (χ1) is 14.5. The first-order valence-corrected chi connectivity index (χ1v) is 10.7. The van der Waals surface area contributed by atoms with Gasteiger partial charge in [-0.05, 0) is 56.2 Å². The Morgan fingerprint density at radius 1 is 1.16 bits per heavy atom. The molecule has 1 atom stereocenters. The van der Waals surface area contributed by atoms with Gasteiger partial charge in [0.1, 0.15) is 0 Å². The number of rotatable bonds is 5. The third-order valence-electron chi connectivity index (χ3n) is 5.16. The molecule has 0 radical (unpaired) electrons. The van der Waals surface area contributed by atoms with Gasteiger partial charge in [-0.1, -0.05) is 49.2 Å². The fourth-order valence-corrected chi connectivity index (χ4v) is 4.13. The zero-order chi connectivity index (χ0) is 22.9. The van der Waals surface area contributed by atoms with Crippen LogP contribution in [0.2, 0.25) is 10.0 Å². The van der Waals surface area contributed by atoms with E-state index in [1.807, 2.05) is 27.7 Å². The Labute approximate surface area is 192 Å². The van der Waals surface area contributed by atoms with Gasteiger partial charge in [0.25, 0.3) is 0 Å². The van der Waals surface area contributed by atoms with Gasteiger partial charge >= 0.3 is 12.1 Å². The Morgan fingerprint density at radius 2 is 1.77 bits per heavy atom. The molecule has 4 amide bonds. The van der Waals surface area contributed by atoms with Crippen LogP contribution < -0.4 is 10.2 Å². The number of anilines is 2. The Hall–Kier alpha value is -2.48. The number of halogens is 2. The normalized spacial score (nSPS) is 17.9. The molecule has 1 aliphatic heterocycles. The summed E-state index contributed by atoms with van der Waals surface area (Å²) in [5.74, 6) is 0.190. The van der Waals surface area contributed by atoms with Crippen molar-refractivity contribution in [2.24, 2.45) is 5.92 Å². The van der Waals surface area contributed by atoms with E-state index in [1.54, 1.807) is 53.4 Å². The van der Waals surface area contributed by atoms with E-state index in [4.69, 9.17) is 23.2 Å². The molecule has 0 saturated carbocycles. The van der Waals surface area contributed by atoms with Crippen LogP contribution in [0, 0.1) is 5.92 Å². The number of hydrogen-bond donors (Lipinski definition) is 2. The van der Waals surface area contributed by atoms with Crippen LogP contribution in [0.5, 0.6) is 0 Å². The minimum Gasteiger partial charge on any atom is -0.315 e. The molecule has 2 aromatic rings. The SMILES string of the molecule is CC(C)CN1C(=O)N(c2cccc(Cl)c2)[C@@H](N(O)C(=O)Nc2cccc(Cl)c2)C1(C)C. The van der Waals surface area contributed by atoms with E-state index >= 15 is 0 Å². The maximum absolute atomic E-state index is 13.4. The van der Waals surface area contributed by atoms with E-state index in [0.717, 1.165) is 0 Å². The van der Waals surface area contributed by atoms with Gasteiger partial charge in [0.05, 0.1) is 5.54 Å². The molecule has 0 aliphatic carbocycles. The second-order valence-electron chi connectivity index (χ2n) is 8.45. The Morgan fingerprint density at radius 3 is 2.35 bits per heavy atom. The summed E-state index contributed by atoms with van der Waals surface area (Å²) < 4.78 is 0. The lowest BCUT2D eigenvalue weighted by Crippen LogP contribution is -2.58. The van der Waals surface area contributed by atoms with Gasteiger partial charge in [-0.15, -0.1) is 0 Å². The first-order valence-electron chi connectivity index (χ1n) is 9.93. The van der Waals surface area contributed by atoms with Crippen LogP contribution in [0.25, 0.3) is 0 Å². The molecule has 0 aromatic heterocycles. The van der Waals surface area contributed by atoms with Gasteiger partial charge in [-0.25, -0.2) is 9.59 Å². The highest BCUT2D eigenvalue weighted by atomic mass is 35.5. The fraction of sp³-hybridized carbons (Fsp3) is 0.364. The highest BCUT2D eigenvalue weighted by molar-refractivity contribution is 6.31. The van der Waals surface area contributed by atoms with Gasteiger partial charge in [-0.3, -0.25) is 10.1 Å². The van der Waals surface area contributed by atoms with Crippen molar-refractivity contribution < 1.29 is 14.8 Å². The van der Waals surface area contributed by atoms with Crippen LogP contribution in [-0.4, -0.2) is 45.5 Å². The average Bonchev–Trinajstić information content (AvgIpc) is 2.87. The number of hydrogen-bond acceptors (Lipinski definition) is 3. The van der Waals surface area contributed by atoms with Gasteiger partial charge < -0.3 is 10.2 Å². The standard InChI is InChI=1S/C22H26Cl2N4O3/c1-14(2)13-26-21(30)27(18-10-6-8-16(24)12-18)19(22(26,3)4)28(31)20(29)25-17-9-5-7-15(23)11-17/h5-12,14,19,31H,13H2,1-4H3,(H,25,29)/t19-/m0/s1. The highest BCUT2D eigenvalue weighted by Gasteiger charge is 2.56. The second-order valence-corrected chi connectivity index (χ2v) is 9.32. The summed E-state index contributed by atoms with van der Waals surface area (Å²) in [4.78, 5) is 29.4. The molecule has 1 heterocycles. The Kier molecular flexibility index (Phi) is 6.69. The van der Waals surface area contributed by atoms with Gasteiger partial charge in [0.15, 0.2) is 6.17 Å². The topological polar surface area (TPSA) is 76.1 Å². The lowest BCUT2D eigenvalue weighted by atomic mass is 9.98. The van der Waals surface area contributed by atoms with Crippen molar-refractivity contribution in [1.29, 1.82) is 0 Å².